The van der Waals surface area contributed by atoms with Crippen LogP contribution in [0.1, 0.15) is 25.8 Å². The number of hydrogen-bond acceptors (Lipinski definition) is 3. The first-order chi connectivity index (χ1) is 7.71. The number of methoxy groups -OCH3 is 1. The molecule has 0 saturated heterocycles. The Labute approximate surface area is 96.6 Å². The molecule has 1 rings (SSSR count). The van der Waals surface area contributed by atoms with Gasteiger partial charge in [0.15, 0.2) is 11.5 Å². The quantitative estimate of drug-likeness (QED) is 0.764. The first kappa shape index (κ1) is 12.4. The highest BCUT2D eigenvalue weighted by Crippen LogP contribution is 2.28. The second-order valence-corrected chi connectivity index (χ2v) is 3.80. The van der Waals surface area contributed by atoms with Crippen molar-refractivity contribution in [1.29, 1.82) is 5.26 Å². The molecular weight excluding hydrogens is 202 g/mol. The van der Waals surface area contributed by atoms with Crippen LogP contribution in [0, 0.1) is 17.2 Å². The van der Waals surface area contributed by atoms with Crippen molar-refractivity contribution in [2.24, 2.45) is 5.92 Å². The van der Waals surface area contributed by atoms with E-state index in [2.05, 4.69) is 19.9 Å². The van der Waals surface area contributed by atoms with E-state index in [1.54, 1.807) is 25.3 Å². The summed E-state index contributed by atoms with van der Waals surface area (Å²) in [6.45, 7) is 4.93. The monoisotopic (exact) mass is 219 g/mol. The molecule has 1 atom stereocenters. The maximum absolute atomic E-state index is 8.76. The molecule has 0 N–H and O–H groups in total. The normalized spacial score (nSPS) is 11.6. The maximum Gasteiger partial charge on any atom is 0.162 e. The van der Waals surface area contributed by atoms with Crippen molar-refractivity contribution in [3.8, 4) is 17.6 Å². The molecule has 16 heavy (non-hydrogen) atoms. The molecule has 0 aromatic heterocycles. The summed E-state index contributed by atoms with van der Waals surface area (Å²) >= 11 is 0. The van der Waals surface area contributed by atoms with Gasteiger partial charge in [-0.25, -0.2) is 0 Å². The lowest BCUT2D eigenvalue weighted by atomic mass is 10.1. The van der Waals surface area contributed by atoms with Gasteiger partial charge < -0.3 is 9.47 Å². The van der Waals surface area contributed by atoms with Crippen molar-refractivity contribution in [2.75, 3.05) is 13.7 Å². The van der Waals surface area contributed by atoms with E-state index in [1.807, 2.05) is 0 Å². The van der Waals surface area contributed by atoms with Crippen molar-refractivity contribution in [3.63, 3.8) is 0 Å². The van der Waals surface area contributed by atoms with Crippen LogP contribution in [0.3, 0.4) is 0 Å². The standard InChI is InChI=1S/C13H17NO2/c1-4-10(2)9-16-12-6-5-11(8-14)7-13(12)15-3/h5-7,10H,4,9H2,1-3H3. The lowest BCUT2D eigenvalue weighted by Crippen LogP contribution is -2.08. The number of ether oxygens (including phenoxy) is 2. The molecule has 1 aromatic carbocycles. The predicted molar refractivity (Wildman–Crippen MR) is 62.7 cm³/mol. The molecule has 1 aromatic rings. The molecule has 0 aliphatic rings. The minimum absolute atomic E-state index is 0.514. The topological polar surface area (TPSA) is 42.2 Å². The summed E-state index contributed by atoms with van der Waals surface area (Å²) in [6.07, 6.45) is 1.08. The predicted octanol–water partition coefficient (Wildman–Crippen LogP) is 2.99. The van der Waals surface area contributed by atoms with Crippen LogP contribution in [0.15, 0.2) is 18.2 Å². The highest BCUT2D eigenvalue weighted by molar-refractivity contribution is 5.46. The molecule has 0 aliphatic heterocycles. The van der Waals surface area contributed by atoms with Crippen LogP contribution in [-0.4, -0.2) is 13.7 Å². The lowest BCUT2D eigenvalue weighted by Gasteiger charge is -2.13. The molecule has 0 radical (unpaired) electrons. The van der Waals surface area contributed by atoms with Gasteiger partial charge in [-0.2, -0.15) is 5.26 Å². The zero-order valence-corrected chi connectivity index (χ0v) is 9.99. The number of nitrogens with zero attached hydrogens (tertiary/aromatic N) is 1. The molecule has 0 spiro atoms. The minimum Gasteiger partial charge on any atom is -0.493 e. The average molecular weight is 219 g/mol. The Hall–Kier alpha value is -1.69. The fourth-order valence-electron chi connectivity index (χ4n) is 1.21. The van der Waals surface area contributed by atoms with Gasteiger partial charge in [0, 0.05) is 6.07 Å². The molecule has 0 aliphatic carbocycles. The Balaban J connectivity index is 2.76. The van der Waals surface area contributed by atoms with E-state index < -0.39 is 0 Å². The highest BCUT2D eigenvalue weighted by Gasteiger charge is 2.07. The van der Waals surface area contributed by atoms with Crippen molar-refractivity contribution in [2.45, 2.75) is 20.3 Å². The largest absolute Gasteiger partial charge is 0.493 e. The zero-order chi connectivity index (χ0) is 12.0. The van der Waals surface area contributed by atoms with Crippen molar-refractivity contribution in [3.05, 3.63) is 23.8 Å². The summed E-state index contributed by atoms with van der Waals surface area (Å²) in [5.41, 5.74) is 0.577. The van der Waals surface area contributed by atoms with E-state index in [0.29, 0.717) is 29.6 Å². The summed E-state index contributed by atoms with van der Waals surface area (Å²) in [5.74, 6) is 1.82. The van der Waals surface area contributed by atoms with Gasteiger partial charge in [0.1, 0.15) is 0 Å². The SMILES string of the molecule is CCC(C)COc1ccc(C#N)cc1OC. The van der Waals surface area contributed by atoms with Crippen LogP contribution in [0.25, 0.3) is 0 Å². The zero-order valence-electron chi connectivity index (χ0n) is 9.99. The molecule has 3 nitrogen and oxygen atoms in total. The molecule has 0 saturated carbocycles. The number of hydrogen-bond donors (Lipinski definition) is 0. The summed E-state index contributed by atoms with van der Waals surface area (Å²) in [4.78, 5) is 0. The maximum atomic E-state index is 8.76. The Kier molecular flexibility index (Phi) is 4.65. The van der Waals surface area contributed by atoms with Crippen molar-refractivity contribution in [1.82, 2.24) is 0 Å². The lowest BCUT2D eigenvalue weighted by molar-refractivity contribution is 0.244. The van der Waals surface area contributed by atoms with Gasteiger partial charge in [-0.15, -0.1) is 0 Å². The van der Waals surface area contributed by atoms with Gasteiger partial charge in [-0.05, 0) is 18.1 Å². The number of rotatable bonds is 5. The fourth-order valence-corrected chi connectivity index (χ4v) is 1.21. The molecule has 3 heteroatoms. The third kappa shape index (κ3) is 3.16. The number of benzene rings is 1. The summed E-state index contributed by atoms with van der Waals surface area (Å²) in [5, 5.41) is 8.76. The molecule has 0 fully saturated rings. The van der Waals surface area contributed by atoms with Gasteiger partial charge in [-0.1, -0.05) is 20.3 Å². The van der Waals surface area contributed by atoms with Crippen LogP contribution < -0.4 is 9.47 Å². The third-order valence-electron chi connectivity index (χ3n) is 2.51. The smallest absolute Gasteiger partial charge is 0.162 e. The van der Waals surface area contributed by atoms with Crippen LogP contribution in [-0.2, 0) is 0 Å². The van der Waals surface area contributed by atoms with Crippen LogP contribution in [0.5, 0.6) is 11.5 Å². The average Bonchev–Trinajstić information content (AvgIpc) is 2.35. The van der Waals surface area contributed by atoms with Gasteiger partial charge >= 0.3 is 0 Å². The third-order valence-corrected chi connectivity index (χ3v) is 2.51. The summed E-state index contributed by atoms with van der Waals surface area (Å²) in [7, 11) is 1.58. The Morgan fingerprint density at radius 3 is 2.69 bits per heavy atom. The van der Waals surface area contributed by atoms with Gasteiger partial charge in [0.05, 0.1) is 25.3 Å². The molecular formula is C13H17NO2. The first-order valence-corrected chi connectivity index (χ1v) is 5.42. The van der Waals surface area contributed by atoms with Gasteiger partial charge in [-0.3, -0.25) is 0 Å². The van der Waals surface area contributed by atoms with Crippen LogP contribution >= 0.6 is 0 Å². The van der Waals surface area contributed by atoms with Crippen molar-refractivity contribution < 1.29 is 9.47 Å². The van der Waals surface area contributed by atoms with E-state index in [9.17, 15) is 0 Å². The van der Waals surface area contributed by atoms with Crippen molar-refractivity contribution >= 4 is 0 Å². The minimum atomic E-state index is 0.514. The Morgan fingerprint density at radius 1 is 1.38 bits per heavy atom. The molecule has 0 amide bonds. The molecule has 86 valence electrons. The highest BCUT2D eigenvalue weighted by atomic mass is 16.5. The van der Waals surface area contributed by atoms with E-state index in [0.717, 1.165) is 6.42 Å². The van der Waals surface area contributed by atoms with E-state index in [1.165, 1.54) is 0 Å². The number of nitriles is 1. The van der Waals surface area contributed by atoms with E-state index in [-0.39, 0.29) is 0 Å². The Morgan fingerprint density at radius 2 is 2.12 bits per heavy atom. The van der Waals surface area contributed by atoms with Gasteiger partial charge in [0.2, 0.25) is 0 Å². The molecule has 0 heterocycles. The van der Waals surface area contributed by atoms with E-state index >= 15 is 0 Å². The fraction of sp³-hybridized carbons (Fsp3) is 0.462. The Bertz CT molecular complexity index is 382. The van der Waals surface area contributed by atoms with Crippen LogP contribution in [0.2, 0.25) is 0 Å². The molecule has 1 unspecified atom stereocenters. The van der Waals surface area contributed by atoms with Gasteiger partial charge in [0.25, 0.3) is 0 Å². The second-order valence-electron chi connectivity index (χ2n) is 3.80. The first-order valence-electron chi connectivity index (χ1n) is 5.42. The van der Waals surface area contributed by atoms with Crippen LogP contribution in [0.4, 0.5) is 0 Å². The second kappa shape index (κ2) is 6.02. The molecule has 0 bridgehead atoms. The van der Waals surface area contributed by atoms with E-state index in [4.69, 9.17) is 14.7 Å². The summed E-state index contributed by atoms with van der Waals surface area (Å²) in [6, 6.07) is 7.26. The summed E-state index contributed by atoms with van der Waals surface area (Å²) < 4.78 is 10.8.